The van der Waals surface area contributed by atoms with Gasteiger partial charge < -0.3 is 19.9 Å². The molecule has 0 spiro atoms. The summed E-state index contributed by atoms with van der Waals surface area (Å²) in [5, 5.41) is 17.4. The summed E-state index contributed by atoms with van der Waals surface area (Å²) >= 11 is 2.37. The highest BCUT2D eigenvalue weighted by Gasteiger charge is 2.70. The van der Waals surface area contributed by atoms with E-state index in [1.807, 2.05) is 84.9 Å². The van der Waals surface area contributed by atoms with Crippen molar-refractivity contribution in [2.24, 2.45) is 5.41 Å². The van der Waals surface area contributed by atoms with Crippen LogP contribution in [-0.2, 0) is 27.3 Å². The maximum atomic E-state index is 13.4. The van der Waals surface area contributed by atoms with E-state index in [4.69, 9.17) is 9.47 Å². The van der Waals surface area contributed by atoms with E-state index >= 15 is 0 Å². The molecule has 45 heavy (non-hydrogen) atoms. The molecule has 3 heterocycles. The number of ether oxygens (including phenoxy) is 2. The van der Waals surface area contributed by atoms with Gasteiger partial charge in [-0.05, 0) is 70.0 Å². The Morgan fingerprint density at radius 1 is 0.956 bits per heavy atom. The number of anilines is 2. The topological polar surface area (TPSA) is 103 Å². The van der Waals surface area contributed by atoms with Gasteiger partial charge in [0.15, 0.2) is 0 Å². The molecule has 9 heteroatoms. The number of hydrogen-bond acceptors (Lipinski definition) is 6. The summed E-state index contributed by atoms with van der Waals surface area (Å²) < 4.78 is 14.4. The lowest BCUT2D eigenvalue weighted by atomic mass is 9.77. The Balaban J connectivity index is 1.04. The van der Waals surface area contributed by atoms with Crippen LogP contribution in [-0.4, -0.2) is 50.6 Å². The number of morpholine rings is 1. The van der Waals surface area contributed by atoms with Crippen molar-refractivity contribution in [1.82, 2.24) is 3.11 Å². The summed E-state index contributed by atoms with van der Waals surface area (Å²) in [5.74, 6) is -0.0962. The van der Waals surface area contributed by atoms with Gasteiger partial charge >= 0.3 is 6.09 Å². The van der Waals surface area contributed by atoms with Crippen molar-refractivity contribution < 1.29 is 24.2 Å². The Morgan fingerprint density at radius 2 is 1.71 bits per heavy atom. The molecule has 4 aromatic rings. The number of hydrogen-bond donors (Lipinski definition) is 3. The number of aryl methyl sites for hydroxylation is 1. The molecule has 3 fully saturated rings. The third-order valence-electron chi connectivity index (χ3n) is 9.34. The minimum Gasteiger partial charge on any atom is -0.444 e. The number of benzene rings is 4. The molecular formula is C36H36IN3O5. The van der Waals surface area contributed by atoms with E-state index in [0.29, 0.717) is 18.2 Å². The van der Waals surface area contributed by atoms with Gasteiger partial charge in [-0.15, -0.1) is 0 Å². The zero-order valence-corrected chi connectivity index (χ0v) is 27.4. The summed E-state index contributed by atoms with van der Waals surface area (Å²) in [6, 6.07) is 27.7. The Bertz CT molecular complexity index is 1760. The van der Waals surface area contributed by atoms with E-state index in [9.17, 15) is 14.7 Å². The number of carbonyl (C=O) groups is 2. The molecule has 2 bridgehead atoms. The maximum absolute atomic E-state index is 13.4. The van der Waals surface area contributed by atoms with Crippen LogP contribution in [0.2, 0.25) is 0 Å². The predicted octanol–water partition coefficient (Wildman–Crippen LogP) is 7.09. The smallest absolute Gasteiger partial charge is 0.411 e. The van der Waals surface area contributed by atoms with Crippen LogP contribution >= 0.6 is 22.9 Å². The van der Waals surface area contributed by atoms with E-state index in [1.165, 1.54) is 0 Å². The fraction of sp³-hybridized carbons (Fsp3) is 0.333. The van der Waals surface area contributed by atoms with Gasteiger partial charge in [0.1, 0.15) is 18.3 Å². The molecule has 7 rings (SSSR count). The van der Waals surface area contributed by atoms with Crippen LogP contribution in [0.15, 0.2) is 84.9 Å². The molecule has 5 atom stereocenters. The van der Waals surface area contributed by atoms with E-state index in [-0.39, 0.29) is 48.7 Å². The zero-order chi connectivity index (χ0) is 31.3. The molecule has 3 aliphatic rings. The molecule has 0 radical (unpaired) electrons. The van der Waals surface area contributed by atoms with Gasteiger partial charge in [-0.1, -0.05) is 74.5 Å². The van der Waals surface area contributed by atoms with Crippen molar-refractivity contribution in [3.05, 3.63) is 96.1 Å². The third-order valence-corrected chi connectivity index (χ3v) is 10.6. The summed E-state index contributed by atoms with van der Waals surface area (Å²) in [7, 11) is 0. The standard InChI is InChI=1S/C36H36IN3O5/c1-36(2)19-29(31-32-33(45-32)34(36)40(31)37)44-35(43)39-28-17-21(9-14-27(28)23-6-4-3-5-7-23)10-15-30(42)38-26-13-12-24-16-22(20-41)8-11-25(24)18-26/h3-9,11-14,16-18,29,31-34,41H,10,15,19-20H2,1-2H3,(H,38,42)(H,39,43). The molecule has 3 saturated heterocycles. The first kappa shape index (κ1) is 30.2. The summed E-state index contributed by atoms with van der Waals surface area (Å²) in [6.07, 6.45) is 1.15. The molecule has 3 N–H and O–H groups in total. The maximum Gasteiger partial charge on any atom is 0.411 e. The zero-order valence-electron chi connectivity index (χ0n) is 25.2. The number of halogens is 1. The second-order valence-electron chi connectivity index (χ2n) is 13.0. The molecule has 0 aromatic heterocycles. The minimum atomic E-state index is -0.488. The number of nitrogens with one attached hydrogen (secondary N) is 2. The highest BCUT2D eigenvalue weighted by Crippen LogP contribution is 2.57. The fourth-order valence-electron chi connectivity index (χ4n) is 7.10. The van der Waals surface area contributed by atoms with Crippen LogP contribution in [0.1, 0.15) is 37.8 Å². The predicted molar refractivity (Wildman–Crippen MR) is 183 cm³/mol. The number of piperidine rings is 1. The van der Waals surface area contributed by atoms with Crippen molar-refractivity contribution in [3.8, 4) is 11.1 Å². The van der Waals surface area contributed by atoms with Gasteiger partial charge in [0.05, 0.1) is 24.4 Å². The highest BCUT2D eigenvalue weighted by molar-refractivity contribution is 14.1. The molecule has 0 aliphatic carbocycles. The summed E-state index contributed by atoms with van der Waals surface area (Å²) in [5.41, 5.74) is 4.97. The Kier molecular flexibility index (Phi) is 8.05. The Morgan fingerprint density at radius 3 is 2.51 bits per heavy atom. The first-order valence-electron chi connectivity index (χ1n) is 15.4. The minimum absolute atomic E-state index is 0.00750. The molecular weight excluding hydrogens is 681 g/mol. The van der Waals surface area contributed by atoms with Crippen LogP contribution in [0.25, 0.3) is 21.9 Å². The number of nitrogens with zero attached hydrogens (tertiary/aromatic N) is 1. The number of aliphatic hydroxyl groups is 1. The highest BCUT2D eigenvalue weighted by atomic mass is 127. The van der Waals surface area contributed by atoms with Crippen molar-refractivity contribution >= 4 is 57.0 Å². The molecule has 8 nitrogen and oxygen atoms in total. The lowest BCUT2D eigenvalue weighted by Crippen LogP contribution is -2.56. The fourth-order valence-corrected chi connectivity index (χ4v) is 8.85. The van der Waals surface area contributed by atoms with Gasteiger partial charge in [-0.2, -0.15) is 0 Å². The molecule has 0 saturated carbocycles. The number of aliphatic hydroxyl groups excluding tert-OH is 1. The van der Waals surface area contributed by atoms with Gasteiger partial charge in [0, 0.05) is 40.5 Å². The van der Waals surface area contributed by atoms with E-state index in [0.717, 1.165) is 45.1 Å². The van der Waals surface area contributed by atoms with E-state index < -0.39 is 6.09 Å². The van der Waals surface area contributed by atoms with Crippen LogP contribution < -0.4 is 10.6 Å². The molecule has 4 aromatic carbocycles. The summed E-state index contributed by atoms with van der Waals surface area (Å²) in [6.45, 7) is 4.43. The molecule has 232 valence electrons. The molecule has 5 unspecified atom stereocenters. The second kappa shape index (κ2) is 12.0. The molecule has 2 amide bonds. The number of rotatable bonds is 8. The lowest BCUT2D eigenvalue weighted by Gasteiger charge is -2.46. The number of carbonyl (C=O) groups excluding carboxylic acids is 2. The number of amides is 2. The van der Waals surface area contributed by atoms with Crippen LogP contribution in [0.4, 0.5) is 16.2 Å². The molecule has 3 aliphatic heterocycles. The van der Waals surface area contributed by atoms with Crippen LogP contribution in [0.3, 0.4) is 0 Å². The average Bonchev–Trinajstić information content (AvgIpc) is 3.73. The van der Waals surface area contributed by atoms with E-state index in [2.05, 4.69) is 50.5 Å². The van der Waals surface area contributed by atoms with Crippen LogP contribution in [0.5, 0.6) is 0 Å². The van der Waals surface area contributed by atoms with Crippen LogP contribution in [0, 0.1) is 5.41 Å². The SMILES string of the molecule is CC1(C)CC(OC(=O)Nc2cc(CCC(=O)Nc3ccc4cc(CO)ccc4c3)ccc2-c2ccccc2)C2C3OC3C1N2I. The monoisotopic (exact) mass is 717 g/mol. The Labute approximate surface area is 276 Å². The van der Waals surface area contributed by atoms with Crippen molar-refractivity contribution in [2.45, 2.75) is 70.1 Å². The van der Waals surface area contributed by atoms with Crippen molar-refractivity contribution in [1.29, 1.82) is 0 Å². The van der Waals surface area contributed by atoms with Gasteiger partial charge in [0.25, 0.3) is 0 Å². The van der Waals surface area contributed by atoms with E-state index in [1.54, 1.807) is 0 Å². The third kappa shape index (κ3) is 6.06. The van der Waals surface area contributed by atoms with Gasteiger partial charge in [-0.25, -0.2) is 7.91 Å². The quantitative estimate of drug-likeness (QED) is 0.102. The normalized spacial score (nSPS) is 24.6. The largest absolute Gasteiger partial charge is 0.444 e. The first-order chi connectivity index (χ1) is 21.7. The van der Waals surface area contributed by atoms with Gasteiger partial charge in [-0.3, -0.25) is 10.1 Å². The van der Waals surface area contributed by atoms with Gasteiger partial charge in [0.2, 0.25) is 5.91 Å². The lowest BCUT2D eigenvalue weighted by molar-refractivity contribution is -0.116. The average molecular weight is 718 g/mol. The summed E-state index contributed by atoms with van der Waals surface area (Å²) in [4.78, 5) is 26.3. The Hall–Kier alpha value is -3.51. The number of epoxide rings is 1. The van der Waals surface area contributed by atoms with Crippen molar-refractivity contribution in [3.63, 3.8) is 0 Å². The number of fused-ring (bicyclic) bond motifs is 6. The second-order valence-corrected chi connectivity index (χ2v) is 14.1. The van der Waals surface area contributed by atoms with Crippen molar-refractivity contribution in [2.75, 3.05) is 10.6 Å². The first-order valence-corrected chi connectivity index (χ1v) is 16.4.